The van der Waals surface area contributed by atoms with Crippen LogP contribution in [0.3, 0.4) is 0 Å². The van der Waals surface area contributed by atoms with Crippen LogP contribution in [0.4, 0.5) is 5.82 Å². The number of nitrogens with two attached hydrogens (primary N) is 1. The Morgan fingerprint density at radius 1 is 1.12 bits per heavy atom. The second-order valence-electron chi connectivity index (χ2n) is 3.75. The molecule has 0 unspecified atom stereocenters. The maximum absolute atomic E-state index is 6.08. The second-order valence-corrected chi connectivity index (χ2v) is 4.13. The summed E-state index contributed by atoms with van der Waals surface area (Å²) in [4.78, 5) is 7.77. The normalized spacial score (nSPS) is 10.3. The molecule has 0 saturated carbocycles. The van der Waals surface area contributed by atoms with Crippen molar-refractivity contribution in [1.82, 2.24) is 9.97 Å². The fraction of sp³-hybridized carbons (Fsp3) is 0.167. The molecule has 0 radical (unpaired) electrons. The van der Waals surface area contributed by atoms with E-state index in [9.17, 15) is 0 Å². The zero-order valence-corrected chi connectivity index (χ0v) is 10.3. The van der Waals surface area contributed by atoms with E-state index in [1.54, 1.807) is 6.07 Å². The van der Waals surface area contributed by atoms with Gasteiger partial charge in [0.05, 0.1) is 0 Å². The molecule has 0 saturated heterocycles. The molecule has 17 heavy (non-hydrogen) atoms. The maximum atomic E-state index is 6.08. The van der Waals surface area contributed by atoms with Crippen LogP contribution < -0.4 is 10.5 Å². The van der Waals surface area contributed by atoms with Gasteiger partial charge in [0.2, 0.25) is 5.88 Å². The summed E-state index contributed by atoms with van der Waals surface area (Å²) in [5.74, 6) is 1.47. The van der Waals surface area contributed by atoms with Crippen LogP contribution in [0.2, 0.25) is 5.02 Å². The minimum absolute atomic E-state index is 0.373. The molecule has 0 aliphatic heterocycles. The second kappa shape index (κ2) is 4.59. The predicted molar refractivity (Wildman–Crippen MR) is 67.4 cm³/mol. The van der Waals surface area contributed by atoms with E-state index in [-0.39, 0.29) is 0 Å². The first kappa shape index (κ1) is 11.7. The molecular formula is C12H12ClN3O. The topological polar surface area (TPSA) is 61.0 Å². The Labute approximate surface area is 104 Å². The van der Waals surface area contributed by atoms with Crippen LogP contribution in [0.5, 0.6) is 11.6 Å². The lowest BCUT2D eigenvalue weighted by Crippen LogP contribution is -1.94. The molecule has 0 spiro atoms. The predicted octanol–water partition coefficient (Wildman–Crippen LogP) is 3.12. The van der Waals surface area contributed by atoms with Crippen molar-refractivity contribution in [3.05, 3.63) is 40.7 Å². The Hall–Kier alpha value is -1.81. The fourth-order valence-corrected chi connectivity index (χ4v) is 1.60. The quantitative estimate of drug-likeness (QED) is 0.888. The first-order valence-electron chi connectivity index (χ1n) is 5.08. The largest absolute Gasteiger partial charge is 0.439 e. The van der Waals surface area contributed by atoms with Crippen LogP contribution in [0, 0.1) is 13.8 Å². The molecular weight excluding hydrogens is 238 g/mol. The highest BCUT2D eigenvalue weighted by Crippen LogP contribution is 2.28. The molecule has 2 aromatic rings. The van der Waals surface area contributed by atoms with Crippen LogP contribution in [0.15, 0.2) is 24.5 Å². The number of aromatic nitrogens is 2. The zero-order valence-electron chi connectivity index (χ0n) is 9.57. The molecule has 88 valence electrons. The van der Waals surface area contributed by atoms with Gasteiger partial charge in [0.25, 0.3) is 0 Å². The van der Waals surface area contributed by atoms with E-state index in [4.69, 9.17) is 22.1 Å². The number of ether oxygens (including phenoxy) is 1. The third-order valence-electron chi connectivity index (χ3n) is 2.30. The minimum atomic E-state index is 0.373. The standard InChI is InChI=1S/C12H12ClN3O/c1-7-3-9(4-8(2)12(7)13)17-11-5-10(14)15-6-16-11/h3-6H,1-2H3,(H2,14,15,16). The van der Waals surface area contributed by atoms with Crippen LogP contribution in [-0.2, 0) is 0 Å². The number of nitrogens with zero attached hydrogens (tertiary/aromatic N) is 2. The smallest absolute Gasteiger partial charge is 0.224 e. The van der Waals surface area contributed by atoms with Crippen molar-refractivity contribution in [2.45, 2.75) is 13.8 Å². The average molecular weight is 250 g/mol. The van der Waals surface area contributed by atoms with Crippen LogP contribution in [0.25, 0.3) is 0 Å². The van der Waals surface area contributed by atoms with E-state index in [1.807, 2.05) is 26.0 Å². The summed E-state index contributed by atoms with van der Waals surface area (Å²) in [6, 6.07) is 5.28. The number of anilines is 1. The number of benzene rings is 1. The van der Waals surface area contributed by atoms with Gasteiger partial charge in [-0.3, -0.25) is 0 Å². The molecule has 1 aromatic heterocycles. The number of rotatable bonds is 2. The summed E-state index contributed by atoms with van der Waals surface area (Å²) in [5, 5.41) is 0.750. The highest BCUT2D eigenvalue weighted by atomic mass is 35.5. The van der Waals surface area contributed by atoms with Crippen molar-refractivity contribution in [3.8, 4) is 11.6 Å². The Bertz CT molecular complexity index is 534. The maximum Gasteiger partial charge on any atom is 0.224 e. The van der Waals surface area contributed by atoms with Crippen molar-refractivity contribution in [3.63, 3.8) is 0 Å². The summed E-state index contributed by atoms with van der Waals surface area (Å²) in [5.41, 5.74) is 7.47. The van der Waals surface area contributed by atoms with Crippen molar-refractivity contribution >= 4 is 17.4 Å². The van der Waals surface area contributed by atoms with Gasteiger partial charge < -0.3 is 10.5 Å². The molecule has 0 atom stereocenters. The fourth-order valence-electron chi connectivity index (χ4n) is 1.50. The van der Waals surface area contributed by atoms with Crippen LogP contribution in [0.1, 0.15) is 11.1 Å². The van der Waals surface area contributed by atoms with Gasteiger partial charge in [-0.1, -0.05) is 11.6 Å². The van der Waals surface area contributed by atoms with Crippen LogP contribution >= 0.6 is 11.6 Å². The van der Waals surface area contributed by atoms with E-state index >= 15 is 0 Å². The number of hydrogen-bond acceptors (Lipinski definition) is 4. The first-order valence-corrected chi connectivity index (χ1v) is 5.46. The summed E-state index contributed by atoms with van der Waals surface area (Å²) < 4.78 is 5.59. The highest BCUT2D eigenvalue weighted by molar-refractivity contribution is 6.32. The van der Waals surface area contributed by atoms with Crippen LogP contribution in [-0.4, -0.2) is 9.97 Å². The molecule has 1 heterocycles. The summed E-state index contributed by atoms with van der Waals surface area (Å²) in [6.07, 6.45) is 1.36. The lowest BCUT2D eigenvalue weighted by molar-refractivity contribution is 0.461. The SMILES string of the molecule is Cc1cc(Oc2cc(N)ncn2)cc(C)c1Cl. The van der Waals surface area contributed by atoms with Gasteiger partial charge in [-0.25, -0.2) is 9.97 Å². The number of aryl methyl sites for hydroxylation is 2. The van der Waals surface area contributed by atoms with E-state index in [0.29, 0.717) is 17.4 Å². The van der Waals surface area contributed by atoms with Gasteiger partial charge in [-0.15, -0.1) is 0 Å². The van der Waals surface area contributed by atoms with Crippen molar-refractivity contribution in [2.24, 2.45) is 0 Å². The summed E-state index contributed by atoms with van der Waals surface area (Å²) in [6.45, 7) is 3.85. The van der Waals surface area contributed by atoms with Gasteiger partial charge in [-0.2, -0.15) is 0 Å². The average Bonchev–Trinajstić information content (AvgIpc) is 2.26. The molecule has 0 aliphatic rings. The third kappa shape index (κ3) is 2.65. The van der Waals surface area contributed by atoms with Gasteiger partial charge in [0.1, 0.15) is 17.9 Å². The van der Waals surface area contributed by atoms with E-state index in [0.717, 1.165) is 16.1 Å². The molecule has 2 rings (SSSR count). The number of halogens is 1. The molecule has 2 N–H and O–H groups in total. The molecule has 4 nitrogen and oxygen atoms in total. The van der Waals surface area contributed by atoms with E-state index in [2.05, 4.69) is 9.97 Å². The van der Waals surface area contributed by atoms with Gasteiger partial charge in [-0.05, 0) is 37.1 Å². The monoisotopic (exact) mass is 249 g/mol. The van der Waals surface area contributed by atoms with Gasteiger partial charge >= 0.3 is 0 Å². The Kier molecular flexibility index (Phi) is 3.15. The molecule has 0 bridgehead atoms. The lowest BCUT2D eigenvalue weighted by atomic mass is 10.1. The van der Waals surface area contributed by atoms with E-state index in [1.165, 1.54) is 6.33 Å². The first-order chi connectivity index (χ1) is 8.06. The van der Waals surface area contributed by atoms with Crippen molar-refractivity contribution in [1.29, 1.82) is 0 Å². The summed E-state index contributed by atoms with van der Waals surface area (Å²) >= 11 is 6.08. The lowest BCUT2D eigenvalue weighted by Gasteiger charge is -2.08. The highest BCUT2D eigenvalue weighted by Gasteiger charge is 2.05. The third-order valence-corrected chi connectivity index (χ3v) is 2.89. The molecule has 1 aromatic carbocycles. The molecule has 0 fully saturated rings. The number of nitrogen functional groups attached to an aromatic ring is 1. The molecule has 0 aliphatic carbocycles. The minimum Gasteiger partial charge on any atom is -0.439 e. The Balaban J connectivity index is 2.31. The Morgan fingerprint density at radius 2 is 1.76 bits per heavy atom. The summed E-state index contributed by atoms with van der Waals surface area (Å²) in [7, 11) is 0. The molecule has 0 amide bonds. The van der Waals surface area contributed by atoms with Crippen molar-refractivity contribution < 1.29 is 4.74 Å². The van der Waals surface area contributed by atoms with Gasteiger partial charge in [0, 0.05) is 11.1 Å². The zero-order chi connectivity index (χ0) is 12.4. The molecule has 5 heteroatoms. The van der Waals surface area contributed by atoms with Crippen molar-refractivity contribution in [2.75, 3.05) is 5.73 Å². The van der Waals surface area contributed by atoms with E-state index < -0.39 is 0 Å². The van der Waals surface area contributed by atoms with Gasteiger partial charge in [0.15, 0.2) is 0 Å². The number of hydrogen-bond donors (Lipinski definition) is 1. The Morgan fingerprint density at radius 3 is 2.35 bits per heavy atom.